The summed E-state index contributed by atoms with van der Waals surface area (Å²) in [6.07, 6.45) is 1.00. The van der Waals surface area contributed by atoms with Gasteiger partial charge in [-0.15, -0.1) is 0 Å². The van der Waals surface area contributed by atoms with Crippen LogP contribution >= 0.6 is 11.3 Å². The van der Waals surface area contributed by atoms with Crippen molar-refractivity contribution in [2.75, 3.05) is 6.61 Å². The lowest BCUT2D eigenvalue weighted by molar-refractivity contribution is 0.357. The zero-order valence-electron chi connectivity index (χ0n) is 14.2. The Morgan fingerprint density at radius 1 is 1.33 bits per heavy atom. The molecule has 0 amide bonds. The minimum Gasteiger partial charge on any atom is -0.493 e. The van der Waals surface area contributed by atoms with Crippen LogP contribution in [0.4, 0.5) is 5.13 Å². The number of rotatable bonds is 3. The van der Waals surface area contributed by atoms with Crippen LogP contribution < -0.4 is 16.2 Å². The van der Waals surface area contributed by atoms with Crippen LogP contribution in [0.15, 0.2) is 23.2 Å². The molecule has 1 fully saturated rings. The number of aromatic nitrogens is 1. The van der Waals surface area contributed by atoms with Gasteiger partial charge in [-0.1, -0.05) is 37.3 Å². The lowest BCUT2D eigenvalue weighted by Crippen LogP contribution is -2.21. The van der Waals surface area contributed by atoms with Gasteiger partial charge in [0.05, 0.1) is 12.3 Å². The molecule has 2 aromatic rings. The number of guanidine groups is 1. The van der Waals surface area contributed by atoms with E-state index in [-0.39, 0.29) is 11.4 Å². The molecule has 4 rings (SSSR count). The van der Waals surface area contributed by atoms with Crippen LogP contribution in [-0.4, -0.2) is 17.6 Å². The highest BCUT2D eigenvalue weighted by molar-refractivity contribution is 7.15. The van der Waals surface area contributed by atoms with Crippen LogP contribution in [0.1, 0.15) is 47.4 Å². The summed E-state index contributed by atoms with van der Waals surface area (Å²) in [5, 5.41) is 0.644. The van der Waals surface area contributed by atoms with E-state index in [0.29, 0.717) is 17.0 Å². The van der Waals surface area contributed by atoms with Crippen LogP contribution in [0, 0.1) is 12.3 Å². The van der Waals surface area contributed by atoms with Gasteiger partial charge in [0.2, 0.25) is 5.13 Å². The second-order valence-electron chi connectivity index (χ2n) is 7.17. The fraction of sp³-hybridized carbons (Fsp3) is 0.444. The number of nitrogens with zero attached hydrogens (tertiary/aromatic N) is 2. The van der Waals surface area contributed by atoms with E-state index in [9.17, 15) is 0 Å². The monoisotopic (exact) mass is 342 g/mol. The molecule has 24 heavy (non-hydrogen) atoms. The van der Waals surface area contributed by atoms with Crippen molar-refractivity contribution in [1.29, 1.82) is 0 Å². The van der Waals surface area contributed by atoms with Gasteiger partial charge in [0.25, 0.3) is 0 Å². The number of fused-ring (bicyclic) bond motifs is 1. The molecule has 4 N–H and O–H groups in total. The van der Waals surface area contributed by atoms with Crippen LogP contribution in [0.5, 0.6) is 5.75 Å². The van der Waals surface area contributed by atoms with E-state index in [2.05, 4.69) is 44.0 Å². The highest BCUT2D eigenvalue weighted by Gasteiger charge is 2.61. The summed E-state index contributed by atoms with van der Waals surface area (Å²) in [6, 6.07) is 6.42. The maximum absolute atomic E-state index is 5.74. The standard InChI is InChI=1S/C18H22N4OS/c1-9-15(21-17(24-9)22-16(19)20)14-13(18(14,2)3)11-5-4-6-12-10(11)7-8-23-12/h4-6,13-14H,7-8H2,1-3H3,(H4,19,20,21,22). The second-order valence-corrected chi connectivity index (χ2v) is 8.36. The molecule has 2 unspecified atom stereocenters. The molecule has 1 aliphatic heterocycles. The smallest absolute Gasteiger partial charge is 0.212 e. The third kappa shape index (κ3) is 2.28. The molecule has 0 saturated heterocycles. The van der Waals surface area contributed by atoms with Gasteiger partial charge in [-0.25, -0.2) is 4.98 Å². The maximum Gasteiger partial charge on any atom is 0.212 e. The Morgan fingerprint density at radius 3 is 2.88 bits per heavy atom. The Balaban J connectivity index is 1.72. The first kappa shape index (κ1) is 15.4. The van der Waals surface area contributed by atoms with Gasteiger partial charge in [0.1, 0.15) is 5.75 Å². The first-order valence-electron chi connectivity index (χ1n) is 8.21. The summed E-state index contributed by atoms with van der Waals surface area (Å²) in [5.74, 6) is 1.95. The van der Waals surface area contributed by atoms with Gasteiger partial charge in [-0.05, 0) is 29.9 Å². The molecule has 2 atom stereocenters. The number of benzene rings is 1. The van der Waals surface area contributed by atoms with Crippen LogP contribution in [-0.2, 0) is 6.42 Å². The molecule has 5 nitrogen and oxygen atoms in total. The summed E-state index contributed by atoms with van der Waals surface area (Å²) in [5.41, 5.74) is 15.1. The number of ether oxygens (including phenoxy) is 1. The molecular formula is C18H22N4OS. The predicted octanol–water partition coefficient (Wildman–Crippen LogP) is 3.20. The highest BCUT2D eigenvalue weighted by Crippen LogP contribution is 2.71. The first-order chi connectivity index (χ1) is 11.4. The third-order valence-corrected chi connectivity index (χ3v) is 6.16. The number of thiazole rings is 1. The summed E-state index contributed by atoms with van der Waals surface area (Å²) in [6.45, 7) is 7.52. The number of aliphatic imine (C=N–C) groups is 1. The Bertz CT molecular complexity index is 836. The van der Waals surface area contributed by atoms with E-state index in [1.165, 1.54) is 16.0 Å². The van der Waals surface area contributed by atoms with E-state index in [4.69, 9.17) is 21.2 Å². The van der Waals surface area contributed by atoms with E-state index in [1.54, 1.807) is 11.3 Å². The van der Waals surface area contributed by atoms with Crippen molar-refractivity contribution in [3.63, 3.8) is 0 Å². The molecule has 126 valence electrons. The number of nitrogens with two attached hydrogens (primary N) is 2. The Kier molecular flexibility index (Phi) is 3.35. The first-order valence-corrected chi connectivity index (χ1v) is 9.02. The summed E-state index contributed by atoms with van der Waals surface area (Å²) < 4.78 is 5.74. The van der Waals surface area contributed by atoms with Gasteiger partial charge in [-0.2, -0.15) is 4.99 Å². The largest absolute Gasteiger partial charge is 0.493 e. The van der Waals surface area contributed by atoms with Crippen LogP contribution in [0.3, 0.4) is 0 Å². The zero-order chi connectivity index (χ0) is 17.1. The molecule has 1 saturated carbocycles. The lowest BCUT2D eigenvalue weighted by Gasteiger charge is -2.08. The maximum atomic E-state index is 5.74. The van der Waals surface area contributed by atoms with Crippen molar-refractivity contribution in [3.8, 4) is 5.75 Å². The van der Waals surface area contributed by atoms with Gasteiger partial charge in [-0.3, -0.25) is 0 Å². The van der Waals surface area contributed by atoms with Crippen molar-refractivity contribution >= 4 is 22.4 Å². The van der Waals surface area contributed by atoms with Crippen molar-refractivity contribution in [2.45, 2.75) is 39.0 Å². The van der Waals surface area contributed by atoms with Gasteiger partial charge >= 0.3 is 0 Å². The average Bonchev–Trinajstić information content (AvgIpc) is 2.86. The molecule has 2 aliphatic rings. The van der Waals surface area contributed by atoms with E-state index in [0.717, 1.165) is 24.5 Å². The average molecular weight is 342 g/mol. The molecule has 0 radical (unpaired) electrons. The van der Waals surface area contributed by atoms with E-state index >= 15 is 0 Å². The minimum atomic E-state index is 0.0555. The van der Waals surface area contributed by atoms with Crippen molar-refractivity contribution in [3.05, 3.63) is 39.9 Å². The van der Waals surface area contributed by atoms with E-state index < -0.39 is 0 Å². The molecule has 0 spiro atoms. The second kappa shape index (κ2) is 5.21. The van der Waals surface area contributed by atoms with E-state index in [1.807, 2.05) is 0 Å². The molecule has 0 bridgehead atoms. The van der Waals surface area contributed by atoms with Crippen LogP contribution in [0.2, 0.25) is 0 Å². The Morgan fingerprint density at radius 2 is 2.12 bits per heavy atom. The summed E-state index contributed by atoms with van der Waals surface area (Å²) in [7, 11) is 0. The fourth-order valence-corrected chi connectivity index (χ4v) is 4.95. The predicted molar refractivity (Wildman–Crippen MR) is 97.2 cm³/mol. The number of hydrogen-bond acceptors (Lipinski definition) is 4. The quantitative estimate of drug-likeness (QED) is 0.662. The molecular weight excluding hydrogens is 320 g/mol. The zero-order valence-corrected chi connectivity index (χ0v) is 15.0. The third-order valence-electron chi connectivity index (χ3n) is 5.28. The Labute approximate surface area is 145 Å². The molecule has 1 aromatic heterocycles. The fourth-order valence-electron chi connectivity index (χ4n) is 4.11. The van der Waals surface area contributed by atoms with Crippen molar-refractivity contribution in [2.24, 2.45) is 21.9 Å². The van der Waals surface area contributed by atoms with Gasteiger partial charge in [0, 0.05) is 22.8 Å². The van der Waals surface area contributed by atoms with Crippen LogP contribution in [0.25, 0.3) is 0 Å². The molecule has 1 aliphatic carbocycles. The SMILES string of the molecule is Cc1sc(N=C(N)N)nc1C1C(c2cccc3c2CCO3)C1(C)C. The van der Waals surface area contributed by atoms with Crippen molar-refractivity contribution < 1.29 is 4.74 Å². The highest BCUT2D eigenvalue weighted by atomic mass is 32.1. The van der Waals surface area contributed by atoms with Crippen molar-refractivity contribution in [1.82, 2.24) is 4.98 Å². The minimum absolute atomic E-state index is 0.0555. The van der Waals surface area contributed by atoms with Gasteiger partial charge in [0.15, 0.2) is 5.96 Å². The summed E-state index contributed by atoms with van der Waals surface area (Å²) >= 11 is 1.55. The number of hydrogen-bond donors (Lipinski definition) is 2. The topological polar surface area (TPSA) is 86.5 Å². The lowest BCUT2D eigenvalue weighted by atomic mass is 9.96. The van der Waals surface area contributed by atoms with Gasteiger partial charge < -0.3 is 16.2 Å². The molecule has 1 aromatic carbocycles. The Hall–Kier alpha value is -2.08. The molecule has 2 heterocycles. The normalized spacial score (nSPS) is 23.5. The number of aryl methyl sites for hydroxylation is 1. The molecule has 6 heteroatoms. The summed E-state index contributed by atoms with van der Waals surface area (Å²) in [4.78, 5) is 10.0.